The van der Waals surface area contributed by atoms with Crippen LogP contribution in [0.15, 0.2) is 4.99 Å². The summed E-state index contributed by atoms with van der Waals surface area (Å²) in [4.78, 5) is 17.8. The van der Waals surface area contributed by atoms with Gasteiger partial charge in [0.2, 0.25) is 5.91 Å². The maximum atomic E-state index is 11.7. The number of halogens is 1. The van der Waals surface area contributed by atoms with Gasteiger partial charge < -0.3 is 15.5 Å². The summed E-state index contributed by atoms with van der Waals surface area (Å²) in [5.74, 6) is 3.10. The minimum Gasteiger partial charge on any atom is -0.356 e. The molecular formula is C16H31IN4O. The Labute approximate surface area is 151 Å². The minimum atomic E-state index is 0. The highest BCUT2D eigenvalue weighted by Gasteiger charge is 2.39. The molecule has 2 rings (SSSR count). The molecule has 3 atom stereocenters. The lowest BCUT2D eigenvalue weighted by Gasteiger charge is -2.25. The van der Waals surface area contributed by atoms with Gasteiger partial charge in [-0.1, -0.05) is 20.3 Å². The zero-order valence-electron chi connectivity index (χ0n) is 14.3. The number of carbonyl (C=O) groups excluding carboxylic acids is 1. The SMILES string of the molecule is CC(C)CNC(=NCC(=O)N(C)C)NC1CC2CCC1C2.I. The molecule has 1 amide bonds. The number of aliphatic imine (C=N–C) groups is 1. The Morgan fingerprint density at radius 3 is 2.50 bits per heavy atom. The van der Waals surface area contributed by atoms with Crippen molar-refractivity contribution in [3.8, 4) is 0 Å². The topological polar surface area (TPSA) is 56.7 Å². The number of amides is 1. The molecule has 0 aromatic heterocycles. The van der Waals surface area contributed by atoms with E-state index in [0.717, 1.165) is 24.3 Å². The van der Waals surface area contributed by atoms with Gasteiger partial charge in [-0.15, -0.1) is 24.0 Å². The Morgan fingerprint density at radius 1 is 1.27 bits per heavy atom. The lowest BCUT2D eigenvalue weighted by atomic mass is 9.95. The first-order valence-electron chi connectivity index (χ1n) is 8.20. The van der Waals surface area contributed by atoms with Gasteiger partial charge in [-0.3, -0.25) is 4.79 Å². The third kappa shape index (κ3) is 5.59. The third-order valence-corrected chi connectivity index (χ3v) is 4.61. The van der Waals surface area contributed by atoms with Crippen molar-refractivity contribution in [1.82, 2.24) is 15.5 Å². The second kappa shape index (κ2) is 8.93. The van der Waals surface area contributed by atoms with Crippen molar-refractivity contribution in [1.29, 1.82) is 0 Å². The Morgan fingerprint density at radius 2 is 2.00 bits per heavy atom. The number of nitrogens with one attached hydrogen (secondary N) is 2. The van der Waals surface area contributed by atoms with Gasteiger partial charge in [-0.2, -0.15) is 0 Å². The van der Waals surface area contributed by atoms with Crippen LogP contribution in [-0.2, 0) is 4.79 Å². The second-order valence-electron chi connectivity index (χ2n) is 7.15. The van der Waals surface area contributed by atoms with E-state index in [1.54, 1.807) is 19.0 Å². The molecule has 0 radical (unpaired) electrons. The Balaban J connectivity index is 0.00000242. The molecule has 3 unspecified atom stereocenters. The number of likely N-dealkylation sites (N-methyl/N-ethyl adjacent to an activating group) is 1. The molecule has 22 heavy (non-hydrogen) atoms. The Hall–Kier alpha value is -0.530. The molecule has 2 fully saturated rings. The number of carbonyl (C=O) groups is 1. The average molecular weight is 422 g/mol. The number of hydrogen-bond acceptors (Lipinski definition) is 2. The van der Waals surface area contributed by atoms with Crippen molar-refractivity contribution in [2.24, 2.45) is 22.7 Å². The first-order valence-corrected chi connectivity index (χ1v) is 8.20. The van der Waals surface area contributed by atoms with Crippen LogP contribution in [0.25, 0.3) is 0 Å². The fraction of sp³-hybridized carbons (Fsp3) is 0.875. The van der Waals surface area contributed by atoms with E-state index in [1.807, 2.05) is 0 Å². The maximum absolute atomic E-state index is 11.7. The molecule has 2 N–H and O–H groups in total. The number of rotatable bonds is 5. The molecule has 0 aliphatic heterocycles. The monoisotopic (exact) mass is 422 g/mol. The molecule has 0 heterocycles. The molecule has 0 spiro atoms. The quantitative estimate of drug-likeness (QED) is 0.405. The number of nitrogens with zero attached hydrogens (tertiary/aromatic N) is 2. The van der Waals surface area contributed by atoms with Crippen molar-refractivity contribution in [2.75, 3.05) is 27.2 Å². The summed E-state index contributed by atoms with van der Waals surface area (Å²) >= 11 is 0. The van der Waals surface area contributed by atoms with Crippen molar-refractivity contribution in [2.45, 2.75) is 45.6 Å². The van der Waals surface area contributed by atoms with E-state index < -0.39 is 0 Å². The van der Waals surface area contributed by atoms with E-state index in [9.17, 15) is 4.79 Å². The van der Waals surface area contributed by atoms with Crippen LogP contribution in [0.5, 0.6) is 0 Å². The Kier molecular flexibility index (Phi) is 7.93. The third-order valence-electron chi connectivity index (χ3n) is 4.61. The van der Waals surface area contributed by atoms with Crippen molar-refractivity contribution < 1.29 is 4.79 Å². The Bertz CT molecular complexity index is 398. The van der Waals surface area contributed by atoms with Crippen molar-refractivity contribution in [3.63, 3.8) is 0 Å². The zero-order chi connectivity index (χ0) is 15.4. The van der Waals surface area contributed by atoms with Crippen LogP contribution in [0, 0.1) is 17.8 Å². The summed E-state index contributed by atoms with van der Waals surface area (Å²) in [6, 6.07) is 0.539. The normalized spacial score (nSPS) is 26.8. The van der Waals surface area contributed by atoms with Gasteiger partial charge in [-0.05, 0) is 37.0 Å². The fourth-order valence-corrected chi connectivity index (χ4v) is 3.34. The highest BCUT2D eigenvalue weighted by atomic mass is 127. The van der Waals surface area contributed by atoms with Gasteiger partial charge in [0.15, 0.2) is 5.96 Å². The molecule has 0 saturated heterocycles. The van der Waals surface area contributed by atoms with E-state index >= 15 is 0 Å². The summed E-state index contributed by atoms with van der Waals surface area (Å²) in [7, 11) is 3.53. The number of fused-ring (bicyclic) bond motifs is 2. The van der Waals surface area contributed by atoms with Gasteiger partial charge in [-0.25, -0.2) is 4.99 Å². The first-order chi connectivity index (χ1) is 9.95. The predicted octanol–water partition coefficient (Wildman–Crippen LogP) is 2.07. The summed E-state index contributed by atoms with van der Waals surface area (Å²) in [6.07, 6.45) is 5.37. The van der Waals surface area contributed by atoms with Gasteiger partial charge in [0.25, 0.3) is 0 Å². The van der Waals surface area contributed by atoms with Crippen LogP contribution >= 0.6 is 24.0 Å². The lowest BCUT2D eigenvalue weighted by Crippen LogP contribution is -2.47. The van der Waals surface area contributed by atoms with Crippen LogP contribution in [0.3, 0.4) is 0 Å². The van der Waals surface area contributed by atoms with Crippen molar-refractivity contribution in [3.05, 3.63) is 0 Å². The van der Waals surface area contributed by atoms with E-state index in [-0.39, 0.29) is 36.4 Å². The fourth-order valence-electron chi connectivity index (χ4n) is 3.34. The van der Waals surface area contributed by atoms with Gasteiger partial charge in [0.1, 0.15) is 6.54 Å². The second-order valence-corrected chi connectivity index (χ2v) is 7.15. The highest BCUT2D eigenvalue weighted by molar-refractivity contribution is 14.0. The lowest BCUT2D eigenvalue weighted by molar-refractivity contribution is -0.127. The predicted molar refractivity (Wildman–Crippen MR) is 102 cm³/mol. The van der Waals surface area contributed by atoms with Crippen LogP contribution in [0.4, 0.5) is 0 Å². The van der Waals surface area contributed by atoms with Gasteiger partial charge >= 0.3 is 0 Å². The van der Waals surface area contributed by atoms with E-state index in [2.05, 4.69) is 29.5 Å². The summed E-state index contributed by atoms with van der Waals surface area (Å²) < 4.78 is 0. The van der Waals surface area contributed by atoms with Crippen LogP contribution in [-0.4, -0.2) is 50.0 Å². The molecule has 2 aliphatic carbocycles. The molecule has 5 nitrogen and oxygen atoms in total. The van der Waals surface area contributed by atoms with Gasteiger partial charge in [0.05, 0.1) is 0 Å². The minimum absolute atomic E-state index is 0. The molecular weight excluding hydrogens is 391 g/mol. The summed E-state index contributed by atoms with van der Waals surface area (Å²) in [5.41, 5.74) is 0. The van der Waals surface area contributed by atoms with Crippen LogP contribution in [0.1, 0.15) is 39.5 Å². The molecule has 128 valence electrons. The van der Waals surface area contributed by atoms with E-state index in [4.69, 9.17) is 0 Å². The number of guanidine groups is 1. The van der Waals surface area contributed by atoms with Crippen molar-refractivity contribution >= 4 is 35.8 Å². The standard InChI is InChI=1S/C16H30N4O.HI/c1-11(2)9-17-16(18-10-15(21)20(3)4)19-14-8-12-5-6-13(14)7-12;/h11-14H,5-10H2,1-4H3,(H2,17,18,19);1H. The highest BCUT2D eigenvalue weighted by Crippen LogP contribution is 2.44. The number of hydrogen-bond donors (Lipinski definition) is 2. The molecule has 0 aromatic rings. The average Bonchev–Trinajstić information content (AvgIpc) is 3.03. The first kappa shape index (κ1) is 19.5. The molecule has 2 bridgehead atoms. The van der Waals surface area contributed by atoms with Crippen LogP contribution in [0.2, 0.25) is 0 Å². The molecule has 2 saturated carbocycles. The van der Waals surface area contributed by atoms with Crippen LogP contribution < -0.4 is 10.6 Å². The van der Waals surface area contributed by atoms with E-state index in [0.29, 0.717) is 12.0 Å². The molecule has 6 heteroatoms. The maximum Gasteiger partial charge on any atom is 0.243 e. The molecule has 2 aliphatic rings. The smallest absolute Gasteiger partial charge is 0.243 e. The summed E-state index contributed by atoms with van der Waals surface area (Å²) in [5, 5.41) is 6.93. The molecule has 0 aromatic carbocycles. The largest absolute Gasteiger partial charge is 0.356 e. The zero-order valence-corrected chi connectivity index (χ0v) is 16.6. The van der Waals surface area contributed by atoms with E-state index in [1.165, 1.54) is 25.7 Å². The van der Waals surface area contributed by atoms with Gasteiger partial charge in [0, 0.05) is 26.7 Å². The summed E-state index contributed by atoms with van der Waals surface area (Å²) in [6.45, 7) is 5.43.